The van der Waals surface area contributed by atoms with E-state index in [1.54, 1.807) is 0 Å². The fourth-order valence-electron chi connectivity index (χ4n) is 2.89. The van der Waals surface area contributed by atoms with Crippen molar-refractivity contribution in [2.75, 3.05) is 0 Å². The third-order valence-electron chi connectivity index (χ3n) is 3.67. The Bertz CT molecular complexity index is 332. The predicted octanol–water partition coefficient (Wildman–Crippen LogP) is 4.35. The molecular formula is C15H15La. The quantitative estimate of drug-likeness (QED) is 0.720. The zero-order valence-electron chi connectivity index (χ0n) is 9.24. The van der Waals surface area contributed by atoms with Crippen molar-refractivity contribution in [2.24, 2.45) is 0 Å². The topological polar surface area (TPSA) is 0 Å². The van der Waals surface area contributed by atoms with Gasteiger partial charge < -0.3 is 0 Å². The van der Waals surface area contributed by atoms with Gasteiger partial charge >= 0.3 is 110 Å². The van der Waals surface area contributed by atoms with E-state index < -0.39 is 30.0 Å². The molecule has 3 aliphatic carbocycles. The van der Waals surface area contributed by atoms with Crippen molar-refractivity contribution in [3.63, 3.8) is 0 Å². The van der Waals surface area contributed by atoms with Crippen molar-refractivity contribution < 1.29 is 30.0 Å². The van der Waals surface area contributed by atoms with Crippen LogP contribution in [0.1, 0.15) is 0 Å². The summed E-state index contributed by atoms with van der Waals surface area (Å²) in [5.74, 6) is 0. The number of hydrogen-bond acceptors (Lipinski definition) is 0. The average Bonchev–Trinajstić information content (AvgIpc) is 3.02. The molecule has 0 atom stereocenters. The summed E-state index contributed by atoms with van der Waals surface area (Å²) < 4.78 is 2.40. The minimum atomic E-state index is -1.84. The standard InChI is InChI=1S/3C5H5.La/c3*1-2-4-5-3-1;/h3*1-5H;. The molecule has 0 aromatic heterocycles. The Morgan fingerprint density at radius 3 is 0.938 bits per heavy atom. The van der Waals surface area contributed by atoms with Gasteiger partial charge in [-0.15, -0.1) is 0 Å². The van der Waals surface area contributed by atoms with Gasteiger partial charge in [0.15, 0.2) is 0 Å². The minimum absolute atomic E-state index is 0.801. The molecule has 1 heteroatoms. The van der Waals surface area contributed by atoms with E-state index in [1.165, 1.54) is 0 Å². The molecule has 0 bridgehead atoms. The molecule has 0 fully saturated rings. The van der Waals surface area contributed by atoms with Gasteiger partial charge in [0.2, 0.25) is 0 Å². The fraction of sp³-hybridized carbons (Fsp3) is 0.200. The van der Waals surface area contributed by atoms with Gasteiger partial charge in [-0.25, -0.2) is 0 Å². The molecule has 0 aromatic carbocycles. The molecule has 0 amide bonds. The first-order valence-electron chi connectivity index (χ1n) is 6.00. The zero-order chi connectivity index (χ0) is 10.8. The van der Waals surface area contributed by atoms with Crippen LogP contribution in [0.3, 0.4) is 0 Å². The van der Waals surface area contributed by atoms with Crippen molar-refractivity contribution in [2.45, 2.75) is 6.96 Å². The fourth-order valence-corrected chi connectivity index (χ4v) is 15.0. The zero-order valence-corrected chi connectivity index (χ0v) is 12.9. The molecule has 0 N–H and O–H groups in total. The Kier molecular flexibility index (Phi) is 3.28. The number of allylic oxidation sites excluding steroid dienone is 12. The Balaban J connectivity index is 1.87. The molecule has 0 aliphatic heterocycles. The van der Waals surface area contributed by atoms with Gasteiger partial charge in [-0.1, -0.05) is 0 Å². The molecule has 0 nitrogen and oxygen atoms in total. The van der Waals surface area contributed by atoms with Crippen LogP contribution in [0.4, 0.5) is 0 Å². The van der Waals surface area contributed by atoms with Crippen LogP contribution in [0.15, 0.2) is 72.9 Å². The van der Waals surface area contributed by atoms with Crippen LogP contribution in [-0.4, -0.2) is 0 Å². The Morgan fingerprint density at radius 1 is 0.438 bits per heavy atom. The summed E-state index contributed by atoms with van der Waals surface area (Å²) in [5, 5.41) is 0. The number of rotatable bonds is 3. The SMILES string of the molecule is C1=C[CH]([La]([CH]2C=CC=C2)[CH]2C=CC=C2)C=C1. The van der Waals surface area contributed by atoms with E-state index in [9.17, 15) is 0 Å². The van der Waals surface area contributed by atoms with Gasteiger partial charge in [0.25, 0.3) is 0 Å². The van der Waals surface area contributed by atoms with Crippen LogP contribution < -0.4 is 0 Å². The van der Waals surface area contributed by atoms with Crippen LogP contribution >= 0.6 is 0 Å². The molecule has 16 heavy (non-hydrogen) atoms. The van der Waals surface area contributed by atoms with Gasteiger partial charge in [0, 0.05) is 0 Å². The second-order valence-electron chi connectivity index (χ2n) is 4.62. The average molecular weight is 334 g/mol. The van der Waals surface area contributed by atoms with Gasteiger partial charge in [-0.3, -0.25) is 0 Å². The maximum atomic E-state index is 2.42. The summed E-state index contributed by atoms with van der Waals surface area (Å²) in [7, 11) is 0. The van der Waals surface area contributed by atoms with Gasteiger partial charge in [-0.2, -0.15) is 0 Å². The third kappa shape index (κ3) is 2.04. The van der Waals surface area contributed by atoms with E-state index in [2.05, 4.69) is 72.9 Å². The van der Waals surface area contributed by atoms with Crippen LogP contribution in [0.5, 0.6) is 0 Å². The monoisotopic (exact) mass is 334 g/mol. The molecule has 0 unspecified atom stereocenters. The van der Waals surface area contributed by atoms with E-state index >= 15 is 0 Å². The van der Waals surface area contributed by atoms with E-state index in [0.29, 0.717) is 0 Å². The summed E-state index contributed by atoms with van der Waals surface area (Å²) in [5.41, 5.74) is 0. The van der Waals surface area contributed by atoms with E-state index in [1.807, 2.05) is 0 Å². The van der Waals surface area contributed by atoms with Crippen molar-refractivity contribution in [1.82, 2.24) is 0 Å². The first-order valence-corrected chi connectivity index (χ1v) is 12.3. The summed E-state index contributed by atoms with van der Waals surface area (Å²) in [4.78, 5) is 0. The first kappa shape index (κ1) is 10.8. The second kappa shape index (κ2) is 4.87. The van der Waals surface area contributed by atoms with E-state index in [0.717, 1.165) is 6.96 Å². The molecule has 3 rings (SSSR count). The van der Waals surface area contributed by atoms with Crippen molar-refractivity contribution in [3.05, 3.63) is 72.9 Å². The van der Waals surface area contributed by atoms with E-state index in [-0.39, 0.29) is 0 Å². The molecule has 0 radical (unpaired) electrons. The molecule has 3 aliphatic rings. The second-order valence-corrected chi connectivity index (χ2v) is 15.5. The van der Waals surface area contributed by atoms with Crippen LogP contribution in [0, 0.1) is 30.0 Å². The Labute approximate surface area is 109 Å². The summed E-state index contributed by atoms with van der Waals surface area (Å²) in [6.45, 7) is 0. The molecule has 0 spiro atoms. The van der Waals surface area contributed by atoms with Gasteiger partial charge in [0.05, 0.1) is 0 Å². The first-order chi connectivity index (χ1) is 7.95. The normalized spacial score (nSPS) is 23.2. The number of hydrogen-bond donors (Lipinski definition) is 0. The van der Waals surface area contributed by atoms with Crippen LogP contribution in [-0.2, 0) is 0 Å². The third-order valence-corrected chi connectivity index (χ3v) is 16.2. The molecule has 0 saturated carbocycles. The molecular weight excluding hydrogens is 319 g/mol. The summed E-state index contributed by atoms with van der Waals surface area (Å²) in [6, 6.07) is 0. The Hall–Kier alpha value is -0.365. The van der Waals surface area contributed by atoms with Crippen molar-refractivity contribution >= 4 is 0 Å². The summed E-state index contributed by atoms with van der Waals surface area (Å²) in [6.07, 6.45) is 27.9. The molecule has 78 valence electrons. The molecule has 0 heterocycles. The van der Waals surface area contributed by atoms with E-state index in [4.69, 9.17) is 0 Å². The van der Waals surface area contributed by atoms with Gasteiger partial charge in [0.1, 0.15) is 0 Å². The molecule has 0 saturated heterocycles. The van der Waals surface area contributed by atoms with Crippen LogP contribution in [0.2, 0.25) is 6.96 Å². The van der Waals surface area contributed by atoms with Crippen molar-refractivity contribution in [1.29, 1.82) is 0 Å². The molecule has 0 aromatic rings. The van der Waals surface area contributed by atoms with Crippen LogP contribution in [0.25, 0.3) is 0 Å². The van der Waals surface area contributed by atoms with Crippen molar-refractivity contribution in [3.8, 4) is 0 Å². The maximum absolute atomic E-state index is 2.42. The predicted molar refractivity (Wildman–Crippen MR) is 66.1 cm³/mol. The summed E-state index contributed by atoms with van der Waals surface area (Å²) >= 11 is -1.84. The van der Waals surface area contributed by atoms with Gasteiger partial charge in [-0.05, 0) is 0 Å². The Morgan fingerprint density at radius 2 is 0.688 bits per heavy atom.